The molecule has 2 N–H and O–H groups in total. The normalized spacial score (nSPS) is 18.4. The van der Waals surface area contributed by atoms with E-state index in [4.69, 9.17) is 9.84 Å². The van der Waals surface area contributed by atoms with Gasteiger partial charge < -0.3 is 15.2 Å². The molecule has 1 aromatic heterocycles. The highest BCUT2D eigenvalue weighted by Gasteiger charge is 2.18. The van der Waals surface area contributed by atoms with E-state index in [0.717, 1.165) is 19.4 Å². The van der Waals surface area contributed by atoms with Gasteiger partial charge in [0.2, 0.25) is 5.91 Å². The van der Waals surface area contributed by atoms with Crippen LogP contribution < -0.4 is 5.32 Å². The highest BCUT2D eigenvalue weighted by molar-refractivity contribution is 5.84. The maximum Gasteiger partial charge on any atom is 0.358 e. The number of aromatic carboxylic acids is 1. The number of carbonyl (C=O) groups is 2. The molecule has 19 heavy (non-hydrogen) atoms. The molecule has 0 radical (unpaired) electrons. The maximum atomic E-state index is 11.6. The van der Waals surface area contributed by atoms with Gasteiger partial charge in [0.25, 0.3) is 0 Å². The monoisotopic (exact) mass is 268 g/mol. The Morgan fingerprint density at radius 2 is 2.42 bits per heavy atom. The number of carbonyl (C=O) groups excluding carboxylic acids is 1. The maximum absolute atomic E-state index is 11.6. The zero-order valence-corrected chi connectivity index (χ0v) is 10.4. The summed E-state index contributed by atoms with van der Waals surface area (Å²) in [5.74, 6) is -1.18. The van der Waals surface area contributed by atoms with Crippen LogP contribution in [0.1, 0.15) is 29.8 Å². The highest BCUT2D eigenvalue weighted by Crippen LogP contribution is 2.14. The number of hydrogen-bond acceptors (Lipinski definition) is 5. The van der Waals surface area contributed by atoms with Crippen LogP contribution in [0.2, 0.25) is 0 Å². The van der Waals surface area contributed by atoms with Crippen molar-refractivity contribution in [2.75, 3.05) is 13.2 Å². The molecular formula is C11H16N4O4. The van der Waals surface area contributed by atoms with Crippen molar-refractivity contribution in [3.63, 3.8) is 0 Å². The molecule has 2 rings (SSSR count). The van der Waals surface area contributed by atoms with E-state index in [9.17, 15) is 9.59 Å². The standard InChI is InChI=1S/C11H16N4O4/c16-10(6-8-2-1-5-19-8)12-3-4-15-7-9(11(17)18)13-14-15/h7-8H,1-6H2,(H,12,16)(H,17,18). The smallest absolute Gasteiger partial charge is 0.358 e. The second kappa shape index (κ2) is 6.28. The molecule has 1 aliphatic heterocycles. The second-order valence-corrected chi connectivity index (χ2v) is 4.36. The lowest BCUT2D eigenvalue weighted by atomic mass is 10.2. The van der Waals surface area contributed by atoms with Gasteiger partial charge in [0.05, 0.1) is 25.3 Å². The molecule has 1 saturated heterocycles. The number of carboxylic acid groups (broad SMARTS) is 1. The quantitative estimate of drug-likeness (QED) is 0.731. The molecule has 1 aliphatic rings. The summed E-state index contributed by atoms with van der Waals surface area (Å²) < 4.78 is 6.75. The molecule has 1 fully saturated rings. The summed E-state index contributed by atoms with van der Waals surface area (Å²) >= 11 is 0. The summed E-state index contributed by atoms with van der Waals surface area (Å²) in [5, 5.41) is 18.5. The minimum Gasteiger partial charge on any atom is -0.476 e. The number of amides is 1. The summed E-state index contributed by atoms with van der Waals surface area (Å²) in [4.78, 5) is 22.2. The van der Waals surface area contributed by atoms with Gasteiger partial charge in [-0.1, -0.05) is 5.21 Å². The first-order valence-corrected chi connectivity index (χ1v) is 6.17. The van der Waals surface area contributed by atoms with Crippen LogP contribution in [-0.4, -0.2) is 51.2 Å². The molecule has 0 bridgehead atoms. The van der Waals surface area contributed by atoms with Crippen molar-refractivity contribution in [1.82, 2.24) is 20.3 Å². The zero-order valence-electron chi connectivity index (χ0n) is 10.4. The number of rotatable bonds is 6. The number of nitrogens with zero attached hydrogens (tertiary/aromatic N) is 3. The summed E-state index contributed by atoms with van der Waals surface area (Å²) in [5.41, 5.74) is -0.106. The molecule has 0 aromatic carbocycles. The van der Waals surface area contributed by atoms with Crippen molar-refractivity contribution in [3.05, 3.63) is 11.9 Å². The van der Waals surface area contributed by atoms with Gasteiger partial charge in [-0.15, -0.1) is 5.10 Å². The predicted molar refractivity (Wildman–Crippen MR) is 63.6 cm³/mol. The Bertz CT molecular complexity index is 453. The Kier molecular flexibility index (Phi) is 4.45. The third-order valence-corrected chi connectivity index (χ3v) is 2.86. The third-order valence-electron chi connectivity index (χ3n) is 2.86. The van der Waals surface area contributed by atoms with Crippen LogP contribution in [0.3, 0.4) is 0 Å². The average molecular weight is 268 g/mol. The molecule has 2 heterocycles. The molecule has 1 amide bonds. The van der Waals surface area contributed by atoms with Crippen molar-refractivity contribution in [3.8, 4) is 0 Å². The minimum atomic E-state index is -1.12. The first-order chi connectivity index (χ1) is 9.15. The first-order valence-electron chi connectivity index (χ1n) is 6.17. The van der Waals surface area contributed by atoms with Gasteiger partial charge in [0, 0.05) is 13.2 Å². The van der Waals surface area contributed by atoms with Crippen LogP contribution in [0.4, 0.5) is 0 Å². The van der Waals surface area contributed by atoms with Gasteiger partial charge in [-0.05, 0) is 12.8 Å². The lowest BCUT2D eigenvalue weighted by molar-refractivity contribution is -0.123. The number of hydrogen-bond donors (Lipinski definition) is 2. The Labute approximate surface area is 109 Å². The SMILES string of the molecule is O=C(CC1CCCO1)NCCn1cc(C(=O)O)nn1. The summed E-state index contributed by atoms with van der Waals surface area (Å²) in [7, 11) is 0. The van der Waals surface area contributed by atoms with Gasteiger partial charge in [0.1, 0.15) is 0 Å². The summed E-state index contributed by atoms with van der Waals surface area (Å²) in [6.45, 7) is 1.50. The summed E-state index contributed by atoms with van der Waals surface area (Å²) in [6.07, 6.45) is 3.67. The number of carboxylic acids is 1. The average Bonchev–Trinajstić information content (AvgIpc) is 3.00. The van der Waals surface area contributed by atoms with E-state index < -0.39 is 5.97 Å². The van der Waals surface area contributed by atoms with E-state index >= 15 is 0 Å². The fourth-order valence-corrected chi connectivity index (χ4v) is 1.90. The van der Waals surface area contributed by atoms with E-state index in [-0.39, 0.29) is 17.7 Å². The van der Waals surface area contributed by atoms with E-state index in [2.05, 4.69) is 15.6 Å². The highest BCUT2D eigenvalue weighted by atomic mass is 16.5. The lowest BCUT2D eigenvalue weighted by Gasteiger charge is -2.09. The van der Waals surface area contributed by atoms with Crippen molar-refractivity contribution >= 4 is 11.9 Å². The molecule has 8 nitrogen and oxygen atoms in total. The van der Waals surface area contributed by atoms with E-state index in [0.29, 0.717) is 19.5 Å². The van der Waals surface area contributed by atoms with Crippen molar-refractivity contribution in [1.29, 1.82) is 0 Å². The second-order valence-electron chi connectivity index (χ2n) is 4.36. The van der Waals surface area contributed by atoms with Crippen molar-refractivity contribution < 1.29 is 19.4 Å². The van der Waals surface area contributed by atoms with Gasteiger partial charge in [-0.3, -0.25) is 4.79 Å². The number of aromatic nitrogens is 3. The van der Waals surface area contributed by atoms with Crippen LogP contribution >= 0.6 is 0 Å². The molecule has 1 aromatic rings. The molecule has 104 valence electrons. The number of ether oxygens (including phenoxy) is 1. The fraction of sp³-hybridized carbons (Fsp3) is 0.636. The molecule has 0 aliphatic carbocycles. The summed E-state index contributed by atoms with van der Waals surface area (Å²) in [6, 6.07) is 0. The third kappa shape index (κ3) is 4.02. The molecule has 8 heteroatoms. The van der Waals surface area contributed by atoms with E-state index in [1.54, 1.807) is 0 Å². The Morgan fingerprint density at radius 1 is 1.58 bits per heavy atom. The first kappa shape index (κ1) is 13.5. The van der Waals surface area contributed by atoms with Gasteiger partial charge in [-0.25, -0.2) is 9.48 Å². The molecular weight excluding hydrogens is 252 g/mol. The largest absolute Gasteiger partial charge is 0.476 e. The van der Waals surface area contributed by atoms with Crippen LogP contribution in [0.25, 0.3) is 0 Å². The Balaban J connectivity index is 1.67. The van der Waals surface area contributed by atoms with Crippen LogP contribution in [0, 0.1) is 0 Å². The topological polar surface area (TPSA) is 106 Å². The number of nitrogens with one attached hydrogen (secondary N) is 1. The minimum absolute atomic E-state index is 0.0324. The van der Waals surface area contributed by atoms with Gasteiger partial charge >= 0.3 is 5.97 Å². The lowest BCUT2D eigenvalue weighted by Crippen LogP contribution is -2.30. The van der Waals surface area contributed by atoms with Crippen LogP contribution in [0.15, 0.2) is 6.20 Å². The Hall–Kier alpha value is -1.96. The molecule has 0 saturated carbocycles. The molecule has 0 spiro atoms. The van der Waals surface area contributed by atoms with E-state index in [1.807, 2.05) is 0 Å². The molecule has 1 atom stereocenters. The van der Waals surface area contributed by atoms with Crippen molar-refractivity contribution in [2.45, 2.75) is 31.9 Å². The molecule has 1 unspecified atom stereocenters. The van der Waals surface area contributed by atoms with E-state index in [1.165, 1.54) is 10.9 Å². The van der Waals surface area contributed by atoms with Crippen LogP contribution in [-0.2, 0) is 16.1 Å². The van der Waals surface area contributed by atoms with Crippen LogP contribution in [0.5, 0.6) is 0 Å². The Morgan fingerprint density at radius 3 is 3.05 bits per heavy atom. The van der Waals surface area contributed by atoms with Crippen molar-refractivity contribution in [2.24, 2.45) is 0 Å². The van der Waals surface area contributed by atoms with Gasteiger partial charge in [0.15, 0.2) is 5.69 Å². The zero-order chi connectivity index (χ0) is 13.7. The van der Waals surface area contributed by atoms with Gasteiger partial charge in [-0.2, -0.15) is 0 Å². The fourth-order valence-electron chi connectivity index (χ4n) is 1.90. The predicted octanol–water partition coefficient (Wildman–Crippen LogP) is -0.338.